The Morgan fingerprint density at radius 2 is 0.493 bits per heavy atom. The molecular weight excluding hydrogens is 829 g/mol. The Bertz CT molecular complexity index is 1040. The van der Waals surface area contributed by atoms with Gasteiger partial charge in [-0.1, -0.05) is 290 Å². The second kappa shape index (κ2) is 56.7. The van der Waals surface area contributed by atoms with E-state index in [0.717, 1.165) is 64.2 Å². The Labute approximate surface area is 418 Å². The van der Waals surface area contributed by atoms with E-state index in [4.69, 9.17) is 14.2 Å². The Balaban J connectivity index is 4.29. The first-order valence-electron chi connectivity index (χ1n) is 30.2. The zero-order valence-electron chi connectivity index (χ0n) is 45.5. The van der Waals surface area contributed by atoms with E-state index in [-0.39, 0.29) is 31.1 Å². The lowest BCUT2D eigenvalue weighted by Crippen LogP contribution is -2.30. The monoisotopic (exact) mass is 945 g/mol. The van der Waals surface area contributed by atoms with Crippen LogP contribution in [0.5, 0.6) is 0 Å². The summed E-state index contributed by atoms with van der Waals surface area (Å²) in [5.41, 5.74) is 0. The van der Waals surface area contributed by atoms with E-state index in [9.17, 15) is 14.4 Å². The molecule has 0 rings (SSSR count). The Hall–Kier alpha value is -1.85. The number of carbonyl (C=O) groups is 3. The Kier molecular flexibility index (Phi) is 55.2. The highest BCUT2D eigenvalue weighted by Crippen LogP contribution is 2.18. The van der Waals surface area contributed by atoms with E-state index in [1.165, 1.54) is 238 Å². The van der Waals surface area contributed by atoms with Crippen LogP contribution in [-0.4, -0.2) is 37.2 Å². The van der Waals surface area contributed by atoms with Gasteiger partial charge in [0.15, 0.2) is 6.10 Å². The van der Waals surface area contributed by atoms with Gasteiger partial charge < -0.3 is 14.2 Å². The standard InChI is InChI=1S/C61H116O6/c1-4-7-10-13-16-19-22-25-27-29-31-33-36-39-42-45-48-51-54-60(63)66-57-58(56-65-59(62)53-50-47-44-41-38-35-24-21-18-15-12-9-6-3)67-61(64)55-52-49-46-43-40-37-34-32-30-28-26-23-20-17-14-11-8-5-2/h21,24,58H,4-20,22-23,25-57H2,1-3H3/b24-21-. The lowest BCUT2D eigenvalue weighted by molar-refractivity contribution is -0.167. The van der Waals surface area contributed by atoms with Gasteiger partial charge in [0.25, 0.3) is 0 Å². The molecule has 6 nitrogen and oxygen atoms in total. The van der Waals surface area contributed by atoms with Gasteiger partial charge in [0.1, 0.15) is 13.2 Å². The molecule has 6 heteroatoms. The van der Waals surface area contributed by atoms with Crippen LogP contribution < -0.4 is 0 Å². The molecule has 0 aromatic rings. The summed E-state index contributed by atoms with van der Waals surface area (Å²) in [4.78, 5) is 38.2. The van der Waals surface area contributed by atoms with Crippen LogP contribution >= 0.6 is 0 Å². The number of esters is 3. The largest absolute Gasteiger partial charge is 0.462 e. The normalized spacial score (nSPS) is 12.0. The molecule has 396 valence electrons. The van der Waals surface area contributed by atoms with E-state index in [1.54, 1.807) is 0 Å². The maximum absolute atomic E-state index is 12.9. The van der Waals surface area contributed by atoms with Gasteiger partial charge in [-0.25, -0.2) is 0 Å². The lowest BCUT2D eigenvalue weighted by Gasteiger charge is -2.18. The molecule has 0 fully saturated rings. The Morgan fingerprint density at radius 3 is 0.761 bits per heavy atom. The highest BCUT2D eigenvalue weighted by atomic mass is 16.6. The number of ether oxygens (including phenoxy) is 3. The third-order valence-corrected chi connectivity index (χ3v) is 13.8. The summed E-state index contributed by atoms with van der Waals surface area (Å²) < 4.78 is 16.9. The summed E-state index contributed by atoms with van der Waals surface area (Å²) in [6, 6.07) is 0. The highest BCUT2D eigenvalue weighted by Gasteiger charge is 2.19. The van der Waals surface area contributed by atoms with E-state index in [1.807, 2.05) is 0 Å². The molecule has 0 N–H and O–H groups in total. The van der Waals surface area contributed by atoms with Crippen molar-refractivity contribution in [2.75, 3.05) is 13.2 Å². The van der Waals surface area contributed by atoms with Crippen LogP contribution in [-0.2, 0) is 28.6 Å². The average molecular weight is 946 g/mol. The number of hydrogen-bond acceptors (Lipinski definition) is 6. The molecule has 0 heterocycles. The average Bonchev–Trinajstić information content (AvgIpc) is 3.33. The third-order valence-electron chi connectivity index (χ3n) is 13.8. The van der Waals surface area contributed by atoms with Gasteiger partial charge in [-0.3, -0.25) is 14.4 Å². The minimum Gasteiger partial charge on any atom is -0.462 e. The molecule has 0 aliphatic heterocycles. The second-order valence-electron chi connectivity index (χ2n) is 20.6. The fourth-order valence-electron chi connectivity index (χ4n) is 9.21. The number of hydrogen-bond donors (Lipinski definition) is 0. The van der Waals surface area contributed by atoms with Gasteiger partial charge in [0.05, 0.1) is 0 Å². The van der Waals surface area contributed by atoms with Crippen molar-refractivity contribution in [3.05, 3.63) is 12.2 Å². The first-order valence-corrected chi connectivity index (χ1v) is 30.2. The molecule has 0 aliphatic rings. The summed E-state index contributed by atoms with van der Waals surface area (Å²) >= 11 is 0. The maximum Gasteiger partial charge on any atom is 0.306 e. The van der Waals surface area contributed by atoms with Crippen LogP contribution in [0.4, 0.5) is 0 Å². The SMILES string of the molecule is CCCCCC/C=C\CCCCCCCC(=O)OCC(COC(=O)CCCCCCCCCCCCCCCCCCCC)OC(=O)CCCCCCCCCCCCCCCCCCCC. The van der Waals surface area contributed by atoms with Crippen LogP contribution in [0.15, 0.2) is 12.2 Å². The zero-order valence-corrected chi connectivity index (χ0v) is 45.5. The van der Waals surface area contributed by atoms with Crippen molar-refractivity contribution in [3.8, 4) is 0 Å². The third kappa shape index (κ3) is 55.0. The minimum absolute atomic E-state index is 0.0663. The molecule has 0 aromatic heterocycles. The van der Waals surface area contributed by atoms with Crippen molar-refractivity contribution >= 4 is 17.9 Å². The predicted octanol–water partition coefficient (Wildman–Crippen LogP) is 20.1. The number of carbonyl (C=O) groups excluding carboxylic acids is 3. The number of unbranched alkanes of at least 4 members (excludes halogenated alkanes) is 43. The van der Waals surface area contributed by atoms with Crippen LogP contribution in [0.3, 0.4) is 0 Å². The number of allylic oxidation sites excluding steroid dienone is 2. The summed E-state index contributed by atoms with van der Waals surface area (Å²) in [6.45, 7) is 6.69. The molecule has 0 saturated carbocycles. The van der Waals surface area contributed by atoms with E-state index in [2.05, 4.69) is 32.9 Å². The molecule has 0 bridgehead atoms. The summed E-state index contributed by atoms with van der Waals surface area (Å²) in [7, 11) is 0. The van der Waals surface area contributed by atoms with Crippen LogP contribution in [0, 0.1) is 0 Å². The lowest BCUT2D eigenvalue weighted by atomic mass is 10.0. The summed E-state index contributed by atoms with van der Waals surface area (Å²) in [5, 5.41) is 0. The van der Waals surface area contributed by atoms with Gasteiger partial charge in [-0.2, -0.15) is 0 Å². The van der Waals surface area contributed by atoms with Gasteiger partial charge >= 0.3 is 17.9 Å². The van der Waals surface area contributed by atoms with Crippen molar-refractivity contribution in [3.63, 3.8) is 0 Å². The van der Waals surface area contributed by atoms with E-state index < -0.39 is 6.10 Å². The smallest absolute Gasteiger partial charge is 0.306 e. The maximum atomic E-state index is 12.9. The number of rotatable bonds is 56. The van der Waals surface area contributed by atoms with Crippen molar-refractivity contribution in [1.82, 2.24) is 0 Å². The Morgan fingerprint density at radius 1 is 0.284 bits per heavy atom. The quantitative estimate of drug-likeness (QED) is 0.0262. The summed E-state index contributed by atoms with van der Waals surface area (Å²) in [6.07, 6.45) is 64.9. The molecule has 1 unspecified atom stereocenters. The molecule has 67 heavy (non-hydrogen) atoms. The first kappa shape index (κ1) is 65.1. The minimum atomic E-state index is -0.768. The molecule has 0 saturated heterocycles. The van der Waals surface area contributed by atoms with Crippen LogP contribution in [0.1, 0.15) is 342 Å². The van der Waals surface area contributed by atoms with E-state index in [0.29, 0.717) is 19.3 Å². The summed E-state index contributed by atoms with van der Waals surface area (Å²) in [5.74, 6) is -0.848. The predicted molar refractivity (Wildman–Crippen MR) is 289 cm³/mol. The second-order valence-corrected chi connectivity index (χ2v) is 20.6. The van der Waals surface area contributed by atoms with Gasteiger partial charge in [-0.15, -0.1) is 0 Å². The molecule has 0 radical (unpaired) electrons. The van der Waals surface area contributed by atoms with Crippen molar-refractivity contribution in [2.45, 2.75) is 348 Å². The molecule has 1 atom stereocenters. The first-order chi connectivity index (χ1) is 33.0. The molecule has 0 aromatic carbocycles. The van der Waals surface area contributed by atoms with E-state index >= 15 is 0 Å². The van der Waals surface area contributed by atoms with Crippen molar-refractivity contribution in [2.24, 2.45) is 0 Å². The topological polar surface area (TPSA) is 78.9 Å². The van der Waals surface area contributed by atoms with Gasteiger partial charge in [0, 0.05) is 19.3 Å². The fourth-order valence-corrected chi connectivity index (χ4v) is 9.21. The molecule has 0 amide bonds. The van der Waals surface area contributed by atoms with Crippen molar-refractivity contribution in [1.29, 1.82) is 0 Å². The fraction of sp³-hybridized carbons (Fsp3) is 0.918. The van der Waals surface area contributed by atoms with Crippen LogP contribution in [0.2, 0.25) is 0 Å². The zero-order chi connectivity index (χ0) is 48.6. The molecule has 0 aliphatic carbocycles. The molecule has 0 spiro atoms. The van der Waals surface area contributed by atoms with Crippen molar-refractivity contribution < 1.29 is 28.6 Å². The van der Waals surface area contributed by atoms with Gasteiger partial charge in [-0.05, 0) is 44.9 Å². The van der Waals surface area contributed by atoms with Gasteiger partial charge in [0.2, 0.25) is 0 Å². The molecular formula is C61H116O6. The van der Waals surface area contributed by atoms with Crippen LogP contribution in [0.25, 0.3) is 0 Å². The highest BCUT2D eigenvalue weighted by molar-refractivity contribution is 5.71.